The van der Waals surface area contributed by atoms with Gasteiger partial charge in [-0.3, -0.25) is 9.59 Å². The number of amides is 2. The van der Waals surface area contributed by atoms with Crippen molar-refractivity contribution in [2.24, 2.45) is 0 Å². The summed E-state index contributed by atoms with van der Waals surface area (Å²) >= 11 is 0. The Labute approximate surface area is 174 Å². The minimum absolute atomic E-state index is 0.0231. The largest absolute Gasteiger partial charge is 0.497 e. The predicted molar refractivity (Wildman–Crippen MR) is 117 cm³/mol. The highest BCUT2D eigenvalue weighted by molar-refractivity contribution is 5.92. The van der Waals surface area contributed by atoms with Gasteiger partial charge >= 0.3 is 0 Å². The third-order valence-electron chi connectivity index (χ3n) is 5.08. The number of ether oxygens (including phenoxy) is 1. The van der Waals surface area contributed by atoms with Gasteiger partial charge in [-0.15, -0.1) is 0 Å². The standard InChI is InChI=1S/C24H32N2O3/c1-17(2)22-8-6-7-18(3)24(22)25-23(28)14-16-26(19(4)27)15-13-20-9-11-21(29-5)12-10-20/h6-12,17H,13-16H2,1-5H3,(H,25,28). The summed E-state index contributed by atoms with van der Waals surface area (Å²) < 4.78 is 5.17. The molecule has 2 amide bonds. The van der Waals surface area contributed by atoms with E-state index in [1.807, 2.05) is 49.4 Å². The molecule has 2 rings (SSSR count). The third-order valence-corrected chi connectivity index (χ3v) is 5.08. The van der Waals surface area contributed by atoms with Gasteiger partial charge in [0.25, 0.3) is 0 Å². The molecule has 0 aliphatic heterocycles. The molecule has 29 heavy (non-hydrogen) atoms. The molecule has 0 fully saturated rings. The summed E-state index contributed by atoms with van der Waals surface area (Å²) in [5.74, 6) is 1.04. The van der Waals surface area contributed by atoms with Crippen LogP contribution in [0.2, 0.25) is 0 Å². The Morgan fingerprint density at radius 3 is 2.34 bits per heavy atom. The smallest absolute Gasteiger partial charge is 0.226 e. The molecule has 0 heterocycles. The van der Waals surface area contributed by atoms with Crippen LogP contribution in [0.4, 0.5) is 5.69 Å². The normalized spacial score (nSPS) is 10.7. The van der Waals surface area contributed by atoms with E-state index in [-0.39, 0.29) is 18.2 Å². The second kappa shape index (κ2) is 10.6. The lowest BCUT2D eigenvalue weighted by Crippen LogP contribution is -2.33. The molecule has 0 bridgehead atoms. The lowest BCUT2D eigenvalue weighted by Gasteiger charge is -2.22. The van der Waals surface area contributed by atoms with Crippen LogP contribution in [-0.2, 0) is 16.0 Å². The number of hydrogen-bond donors (Lipinski definition) is 1. The van der Waals surface area contributed by atoms with Crippen molar-refractivity contribution in [2.45, 2.75) is 46.5 Å². The molecule has 156 valence electrons. The van der Waals surface area contributed by atoms with E-state index in [1.165, 1.54) is 0 Å². The first-order chi connectivity index (χ1) is 13.8. The third kappa shape index (κ3) is 6.63. The summed E-state index contributed by atoms with van der Waals surface area (Å²) in [6.07, 6.45) is 1.01. The number of methoxy groups -OCH3 is 1. The summed E-state index contributed by atoms with van der Waals surface area (Å²) in [6.45, 7) is 8.75. The van der Waals surface area contributed by atoms with Crippen LogP contribution in [0.5, 0.6) is 5.75 Å². The number of aryl methyl sites for hydroxylation is 1. The van der Waals surface area contributed by atoms with Gasteiger partial charge < -0.3 is 15.0 Å². The average molecular weight is 397 g/mol. The number of nitrogens with one attached hydrogen (secondary N) is 1. The Kier molecular flexibility index (Phi) is 8.25. The predicted octanol–water partition coefficient (Wildman–Crippen LogP) is 4.55. The van der Waals surface area contributed by atoms with E-state index in [1.54, 1.807) is 18.9 Å². The second-order valence-electron chi connectivity index (χ2n) is 7.60. The number of carbonyl (C=O) groups is 2. The number of anilines is 1. The Bertz CT molecular complexity index is 829. The molecular weight excluding hydrogens is 364 g/mol. The topological polar surface area (TPSA) is 58.6 Å². The second-order valence-corrected chi connectivity index (χ2v) is 7.60. The zero-order valence-electron chi connectivity index (χ0n) is 18.1. The van der Waals surface area contributed by atoms with E-state index >= 15 is 0 Å². The van der Waals surface area contributed by atoms with Gasteiger partial charge in [-0.25, -0.2) is 0 Å². The molecule has 1 N–H and O–H groups in total. The Balaban J connectivity index is 1.93. The van der Waals surface area contributed by atoms with Crippen LogP contribution < -0.4 is 10.1 Å². The van der Waals surface area contributed by atoms with Crippen molar-refractivity contribution in [1.29, 1.82) is 0 Å². The fourth-order valence-electron chi connectivity index (χ4n) is 3.26. The summed E-state index contributed by atoms with van der Waals surface area (Å²) in [5.41, 5.74) is 4.19. The first-order valence-corrected chi connectivity index (χ1v) is 10.1. The fourth-order valence-corrected chi connectivity index (χ4v) is 3.26. The van der Waals surface area contributed by atoms with E-state index < -0.39 is 0 Å². The number of rotatable bonds is 9. The van der Waals surface area contributed by atoms with Gasteiger partial charge in [0.05, 0.1) is 7.11 Å². The van der Waals surface area contributed by atoms with E-state index in [0.29, 0.717) is 19.0 Å². The summed E-state index contributed by atoms with van der Waals surface area (Å²) in [5, 5.41) is 3.05. The highest BCUT2D eigenvalue weighted by Gasteiger charge is 2.15. The van der Waals surface area contributed by atoms with Crippen molar-refractivity contribution in [2.75, 3.05) is 25.5 Å². The summed E-state index contributed by atoms with van der Waals surface area (Å²) in [7, 11) is 1.64. The van der Waals surface area contributed by atoms with Crippen LogP contribution in [0, 0.1) is 6.92 Å². The average Bonchev–Trinajstić information content (AvgIpc) is 2.69. The Hall–Kier alpha value is -2.82. The van der Waals surface area contributed by atoms with Crippen LogP contribution in [0.25, 0.3) is 0 Å². The van der Waals surface area contributed by atoms with Crippen molar-refractivity contribution in [1.82, 2.24) is 4.90 Å². The number of benzene rings is 2. The highest BCUT2D eigenvalue weighted by atomic mass is 16.5. The van der Waals surface area contributed by atoms with E-state index in [2.05, 4.69) is 19.2 Å². The minimum atomic E-state index is -0.0723. The van der Waals surface area contributed by atoms with Gasteiger partial charge in [0, 0.05) is 32.1 Å². The van der Waals surface area contributed by atoms with Crippen molar-refractivity contribution in [3.8, 4) is 5.75 Å². The van der Waals surface area contributed by atoms with Gasteiger partial charge in [0.1, 0.15) is 5.75 Å². The quantitative estimate of drug-likeness (QED) is 0.677. The Morgan fingerprint density at radius 2 is 1.76 bits per heavy atom. The van der Waals surface area contributed by atoms with Crippen molar-refractivity contribution < 1.29 is 14.3 Å². The lowest BCUT2D eigenvalue weighted by molar-refractivity contribution is -0.129. The zero-order valence-corrected chi connectivity index (χ0v) is 18.1. The zero-order chi connectivity index (χ0) is 21.4. The fraction of sp³-hybridized carbons (Fsp3) is 0.417. The van der Waals surface area contributed by atoms with Gasteiger partial charge in [0.15, 0.2) is 0 Å². The molecule has 5 heteroatoms. The van der Waals surface area contributed by atoms with E-state index in [4.69, 9.17) is 4.74 Å². The molecule has 0 spiro atoms. The molecule has 5 nitrogen and oxygen atoms in total. The first kappa shape index (κ1) is 22.5. The van der Waals surface area contributed by atoms with Crippen LogP contribution >= 0.6 is 0 Å². The van der Waals surface area contributed by atoms with Crippen molar-refractivity contribution in [3.63, 3.8) is 0 Å². The number of carbonyl (C=O) groups excluding carboxylic acids is 2. The maximum Gasteiger partial charge on any atom is 0.226 e. The molecule has 2 aromatic carbocycles. The first-order valence-electron chi connectivity index (χ1n) is 10.1. The van der Waals surface area contributed by atoms with Gasteiger partial charge in [-0.05, 0) is 48.1 Å². The van der Waals surface area contributed by atoms with E-state index in [9.17, 15) is 9.59 Å². The van der Waals surface area contributed by atoms with Crippen LogP contribution in [0.15, 0.2) is 42.5 Å². The number of para-hydroxylation sites is 1. The Morgan fingerprint density at radius 1 is 1.07 bits per heavy atom. The van der Waals surface area contributed by atoms with Crippen LogP contribution in [0.3, 0.4) is 0 Å². The molecule has 0 aromatic heterocycles. The van der Waals surface area contributed by atoms with Gasteiger partial charge in [-0.1, -0.05) is 44.2 Å². The molecule has 0 aliphatic carbocycles. The van der Waals surface area contributed by atoms with Crippen LogP contribution in [0.1, 0.15) is 49.8 Å². The lowest BCUT2D eigenvalue weighted by atomic mass is 9.98. The minimum Gasteiger partial charge on any atom is -0.497 e. The summed E-state index contributed by atoms with van der Waals surface area (Å²) in [6, 6.07) is 13.9. The number of hydrogen-bond acceptors (Lipinski definition) is 3. The number of nitrogens with zero attached hydrogens (tertiary/aromatic N) is 1. The van der Waals surface area contributed by atoms with Crippen LogP contribution in [-0.4, -0.2) is 36.9 Å². The maximum atomic E-state index is 12.5. The maximum absolute atomic E-state index is 12.5. The van der Waals surface area contributed by atoms with Gasteiger partial charge in [-0.2, -0.15) is 0 Å². The van der Waals surface area contributed by atoms with E-state index in [0.717, 1.165) is 34.5 Å². The summed E-state index contributed by atoms with van der Waals surface area (Å²) in [4.78, 5) is 26.3. The molecule has 0 saturated carbocycles. The molecule has 0 radical (unpaired) electrons. The van der Waals surface area contributed by atoms with Crippen molar-refractivity contribution in [3.05, 3.63) is 59.2 Å². The molecular formula is C24H32N2O3. The molecule has 0 unspecified atom stereocenters. The van der Waals surface area contributed by atoms with Crippen molar-refractivity contribution >= 4 is 17.5 Å². The highest BCUT2D eigenvalue weighted by Crippen LogP contribution is 2.27. The SMILES string of the molecule is COc1ccc(CCN(CCC(=O)Nc2c(C)cccc2C(C)C)C(C)=O)cc1. The molecule has 2 aromatic rings. The molecule has 0 atom stereocenters. The molecule has 0 aliphatic rings. The monoisotopic (exact) mass is 396 g/mol. The molecule has 0 saturated heterocycles. The van der Waals surface area contributed by atoms with Gasteiger partial charge in [0.2, 0.25) is 11.8 Å².